The number of rotatable bonds is 0. The van der Waals surface area contributed by atoms with Gasteiger partial charge in [0.15, 0.2) is 0 Å². The summed E-state index contributed by atoms with van der Waals surface area (Å²) in [5, 5.41) is 9.99. The van der Waals surface area contributed by atoms with E-state index in [1.54, 1.807) is 0 Å². The van der Waals surface area contributed by atoms with Crippen LogP contribution in [0.25, 0.3) is 0 Å². The van der Waals surface area contributed by atoms with Crippen molar-refractivity contribution in [2.75, 3.05) is 0 Å². The first kappa shape index (κ1) is 14.7. The van der Waals surface area contributed by atoms with Crippen molar-refractivity contribution in [2.45, 2.75) is 51.9 Å². The Morgan fingerprint density at radius 1 is 1.32 bits per heavy atom. The zero-order valence-electron chi connectivity index (χ0n) is 13.2. The molecule has 118 valence electrons. The summed E-state index contributed by atoms with van der Waals surface area (Å²) in [7, 11) is 0. The van der Waals surface area contributed by atoms with Crippen molar-refractivity contribution in [2.24, 2.45) is 23.2 Å². The van der Waals surface area contributed by atoms with Crippen molar-refractivity contribution >= 4 is 21.7 Å². The van der Waals surface area contributed by atoms with E-state index in [9.17, 15) is 9.90 Å². The van der Waals surface area contributed by atoms with Crippen LogP contribution in [-0.2, 0) is 11.2 Å². The molecule has 1 N–H and O–H groups in total. The van der Waals surface area contributed by atoms with Crippen LogP contribution in [0.4, 0.5) is 0 Å². The van der Waals surface area contributed by atoms with Crippen molar-refractivity contribution in [3.8, 4) is 5.75 Å². The van der Waals surface area contributed by atoms with E-state index in [0.29, 0.717) is 35.2 Å². The third-order valence-electron chi connectivity index (χ3n) is 6.85. The zero-order valence-corrected chi connectivity index (χ0v) is 14.8. The molecule has 1 aromatic rings. The molecule has 2 nitrogen and oxygen atoms in total. The summed E-state index contributed by atoms with van der Waals surface area (Å²) in [6.45, 7) is 4.56. The normalized spacial score (nSPS) is 40.0. The van der Waals surface area contributed by atoms with E-state index in [1.807, 2.05) is 6.07 Å². The van der Waals surface area contributed by atoms with Gasteiger partial charge in [0.25, 0.3) is 0 Å². The van der Waals surface area contributed by atoms with E-state index in [1.165, 1.54) is 11.1 Å². The molecule has 3 heteroatoms. The van der Waals surface area contributed by atoms with Gasteiger partial charge < -0.3 is 5.11 Å². The molecule has 3 aliphatic rings. The number of carbonyl (C=O) groups excluding carboxylic acids is 1. The number of phenolic OH excluding ortho intramolecular Hbond substituents is 1. The van der Waals surface area contributed by atoms with Gasteiger partial charge in [0.1, 0.15) is 11.5 Å². The average molecular weight is 363 g/mol. The maximum Gasteiger partial charge on any atom is 0.139 e. The Kier molecular flexibility index (Phi) is 3.24. The molecule has 4 unspecified atom stereocenters. The van der Waals surface area contributed by atoms with Crippen molar-refractivity contribution in [1.82, 2.24) is 0 Å². The predicted octanol–water partition coefficient (Wildman–Crippen LogP) is 4.83. The van der Waals surface area contributed by atoms with Gasteiger partial charge in [-0.25, -0.2) is 0 Å². The molecule has 0 aromatic heterocycles. The van der Waals surface area contributed by atoms with Gasteiger partial charge in [-0.1, -0.05) is 13.8 Å². The van der Waals surface area contributed by atoms with Crippen molar-refractivity contribution < 1.29 is 9.90 Å². The van der Waals surface area contributed by atoms with Crippen LogP contribution in [0.15, 0.2) is 16.6 Å². The van der Waals surface area contributed by atoms with E-state index in [4.69, 9.17) is 0 Å². The van der Waals surface area contributed by atoms with Gasteiger partial charge >= 0.3 is 0 Å². The molecule has 2 saturated carbocycles. The summed E-state index contributed by atoms with van der Waals surface area (Å²) in [5.41, 5.74) is 2.65. The number of ketones is 1. The molecule has 0 heterocycles. The molecule has 1 aromatic carbocycles. The first-order valence-corrected chi connectivity index (χ1v) is 9.25. The molecule has 0 saturated heterocycles. The van der Waals surface area contributed by atoms with Gasteiger partial charge in [-0.15, -0.1) is 0 Å². The molecule has 2 fully saturated rings. The highest BCUT2D eigenvalue weighted by atomic mass is 79.9. The molecular formula is C19H23BrO2. The van der Waals surface area contributed by atoms with Crippen molar-refractivity contribution in [3.63, 3.8) is 0 Å². The monoisotopic (exact) mass is 362 g/mol. The van der Waals surface area contributed by atoms with Gasteiger partial charge in [0, 0.05) is 11.8 Å². The summed E-state index contributed by atoms with van der Waals surface area (Å²) in [6.07, 6.45) is 5.02. The molecule has 0 spiro atoms. The van der Waals surface area contributed by atoms with Crippen LogP contribution in [0.5, 0.6) is 5.75 Å². The number of hydrogen-bond acceptors (Lipinski definition) is 2. The Hall–Kier alpha value is -0.830. The summed E-state index contributed by atoms with van der Waals surface area (Å²) in [4.78, 5) is 12.4. The van der Waals surface area contributed by atoms with E-state index in [2.05, 4.69) is 35.8 Å². The van der Waals surface area contributed by atoms with Crippen molar-refractivity contribution in [3.05, 3.63) is 27.7 Å². The minimum atomic E-state index is -0.0684. The minimum Gasteiger partial charge on any atom is -0.507 e. The number of halogens is 1. The summed E-state index contributed by atoms with van der Waals surface area (Å²) < 4.78 is 0.801. The summed E-state index contributed by atoms with van der Waals surface area (Å²) >= 11 is 3.48. The summed E-state index contributed by atoms with van der Waals surface area (Å²) in [6, 6.07) is 4.08. The van der Waals surface area contributed by atoms with Gasteiger partial charge in [0.2, 0.25) is 0 Å². The fraction of sp³-hybridized carbons (Fsp3) is 0.632. The first-order valence-electron chi connectivity index (χ1n) is 8.46. The molecule has 0 bridgehead atoms. The molecule has 0 radical (unpaired) electrons. The van der Waals surface area contributed by atoms with Crippen LogP contribution in [0.3, 0.4) is 0 Å². The highest BCUT2D eigenvalue weighted by molar-refractivity contribution is 9.10. The molecule has 3 aliphatic carbocycles. The van der Waals surface area contributed by atoms with Gasteiger partial charge in [-0.05, 0) is 88.5 Å². The number of phenols is 1. The van der Waals surface area contributed by atoms with Gasteiger partial charge in [-0.3, -0.25) is 4.79 Å². The quantitative estimate of drug-likeness (QED) is 0.717. The van der Waals surface area contributed by atoms with Crippen LogP contribution in [0, 0.1) is 23.2 Å². The predicted molar refractivity (Wildman–Crippen MR) is 90.0 cm³/mol. The number of benzene rings is 1. The first-order chi connectivity index (χ1) is 10.4. The second-order valence-corrected chi connectivity index (χ2v) is 8.75. The van der Waals surface area contributed by atoms with Crippen LogP contribution in [0.2, 0.25) is 0 Å². The Morgan fingerprint density at radius 3 is 2.86 bits per heavy atom. The molecule has 5 atom stereocenters. The van der Waals surface area contributed by atoms with E-state index in [-0.39, 0.29) is 5.41 Å². The van der Waals surface area contributed by atoms with Crippen LogP contribution in [-0.4, -0.2) is 10.9 Å². The standard InChI is InChI=1S/C19H23BrO2/c1-10-7-11-8-16(21)15(20)9-13(11)12-5-6-19(2)14(18(10)12)3-4-17(19)22/h8-10,12,14,18,21H,3-7H2,1-2H3/t10?,12?,14?,18?,19-/m0/s1. The lowest BCUT2D eigenvalue weighted by Crippen LogP contribution is -2.45. The molecule has 0 amide bonds. The minimum absolute atomic E-state index is 0.0684. The topological polar surface area (TPSA) is 37.3 Å². The average Bonchev–Trinajstić information content (AvgIpc) is 2.77. The van der Waals surface area contributed by atoms with Crippen LogP contribution >= 0.6 is 15.9 Å². The number of carbonyl (C=O) groups is 1. The largest absolute Gasteiger partial charge is 0.507 e. The highest BCUT2D eigenvalue weighted by Crippen LogP contribution is 2.61. The van der Waals surface area contributed by atoms with E-state index in [0.717, 1.165) is 36.6 Å². The number of hydrogen-bond donors (Lipinski definition) is 1. The third-order valence-corrected chi connectivity index (χ3v) is 7.48. The Morgan fingerprint density at radius 2 is 2.09 bits per heavy atom. The second kappa shape index (κ2) is 4.83. The fourth-order valence-corrected chi connectivity index (χ4v) is 6.11. The molecule has 4 rings (SSSR count). The highest BCUT2D eigenvalue weighted by Gasteiger charge is 2.56. The number of fused-ring (bicyclic) bond motifs is 5. The zero-order chi connectivity index (χ0) is 15.6. The lowest BCUT2D eigenvalue weighted by atomic mass is 9.53. The fourth-order valence-electron chi connectivity index (χ4n) is 5.75. The van der Waals surface area contributed by atoms with Gasteiger partial charge in [0.05, 0.1) is 4.47 Å². The van der Waals surface area contributed by atoms with Crippen molar-refractivity contribution in [1.29, 1.82) is 0 Å². The van der Waals surface area contributed by atoms with Gasteiger partial charge in [-0.2, -0.15) is 0 Å². The maximum atomic E-state index is 12.4. The van der Waals surface area contributed by atoms with E-state index >= 15 is 0 Å². The SMILES string of the molecule is CC1Cc2cc(O)c(Br)cc2C2CC[C@]3(C)C(=O)CCC3C12. The number of aromatic hydroxyl groups is 1. The summed E-state index contributed by atoms with van der Waals surface area (Å²) in [5.74, 6) is 3.17. The van der Waals surface area contributed by atoms with Crippen LogP contribution in [0.1, 0.15) is 56.6 Å². The smallest absolute Gasteiger partial charge is 0.139 e. The lowest BCUT2D eigenvalue weighted by Gasteiger charge is -2.51. The maximum absolute atomic E-state index is 12.4. The number of Topliss-reactive ketones (excluding diaryl/α,β-unsaturated/α-hetero) is 1. The third kappa shape index (κ3) is 1.87. The Labute approximate surface area is 140 Å². The van der Waals surface area contributed by atoms with E-state index < -0.39 is 0 Å². The second-order valence-electron chi connectivity index (χ2n) is 7.89. The Bertz CT molecular complexity index is 653. The Balaban J connectivity index is 1.79. The molecule has 0 aliphatic heterocycles. The van der Waals surface area contributed by atoms with Crippen LogP contribution < -0.4 is 0 Å². The molecule has 22 heavy (non-hydrogen) atoms. The molecular weight excluding hydrogens is 340 g/mol. The lowest BCUT2D eigenvalue weighted by molar-refractivity contribution is -0.129.